The van der Waals surface area contributed by atoms with E-state index in [0.29, 0.717) is 44.0 Å². The first-order chi connectivity index (χ1) is 13.0. The van der Waals surface area contributed by atoms with E-state index in [2.05, 4.69) is 4.90 Å². The van der Waals surface area contributed by atoms with Crippen molar-refractivity contribution < 1.29 is 14.4 Å². The number of nitrogens with zero attached hydrogens (tertiary/aromatic N) is 3. The van der Waals surface area contributed by atoms with Crippen molar-refractivity contribution in [1.29, 1.82) is 0 Å². The highest BCUT2D eigenvalue weighted by Gasteiger charge is 2.47. The van der Waals surface area contributed by atoms with Crippen LogP contribution in [0, 0.1) is 11.8 Å². The summed E-state index contributed by atoms with van der Waals surface area (Å²) in [5.74, 6) is -1.11. The van der Waals surface area contributed by atoms with E-state index >= 15 is 0 Å². The van der Waals surface area contributed by atoms with Gasteiger partial charge in [-0.2, -0.15) is 0 Å². The maximum atomic E-state index is 12.7. The largest absolute Gasteiger partial charge is 0.368 e. The summed E-state index contributed by atoms with van der Waals surface area (Å²) < 4.78 is 0. The topological polar surface area (TPSA) is 60.9 Å². The molecule has 0 unspecified atom stereocenters. The fraction of sp³-hybridized carbons (Fsp3) is 0.450. The highest BCUT2D eigenvalue weighted by molar-refractivity contribution is 6.30. The van der Waals surface area contributed by atoms with E-state index in [1.54, 1.807) is 4.90 Å². The summed E-state index contributed by atoms with van der Waals surface area (Å²) >= 11 is 6.05. The highest BCUT2D eigenvalue weighted by atomic mass is 35.5. The van der Waals surface area contributed by atoms with Crippen LogP contribution in [0.25, 0.3) is 0 Å². The van der Waals surface area contributed by atoms with Gasteiger partial charge in [0.2, 0.25) is 17.7 Å². The van der Waals surface area contributed by atoms with Crippen molar-refractivity contribution in [3.05, 3.63) is 41.4 Å². The minimum Gasteiger partial charge on any atom is -0.368 e. The van der Waals surface area contributed by atoms with Crippen LogP contribution in [-0.4, -0.2) is 60.2 Å². The summed E-state index contributed by atoms with van der Waals surface area (Å²) in [6, 6.07) is 7.66. The molecular formula is C20H22ClN3O3. The molecule has 3 aliphatic rings. The number of amides is 3. The summed E-state index contributed by atoms with van der Waals surface area (Å²) in [6.07, 6.45) is 5.09. The average Bonchev–Trinajstić information content (AvgIpc) is 2.93. The van der Waals surface area contributed by atoms with E-state index in [0.717, 1.165) is 5.69 Å². The Balaban J connectivity index is 1.35. The number of halogens is 1. The van der Waals surface area contributed by atoms with Gasteiger partial charge in [0.15, 0.2) is 0 Å². The standard InChI is InChI=1S/C20H22ClN3O3/c21-14-4-3-5-15(12-14)22-8-10-23(11-9-22)18(25)13-24-19(26)16-6-1-2-7-17(16)20(24)27/h1-5,12,16-17H,6-11,13H2/t16-,17-/m0/s1. The normalized spacial score (nSPS) is 25.1. The molecule has 4 rings (SSSR count). The predicted octanol–water partition coefficient (Wildman–Crippen LogP) is 1.94. The minimum absolute atomic E-state index is 0.137. The lowest BCUT2D eigenvalue weighted by Crippen LogP contribution is -2.52. The highest BCUT2D eigenvalue weighted by Crippen LogP contribution is 2.35. The third-order valence-corrected chi connectivity index (χ3v) is 5.93. The lowest BCUT2D eigenvalue weighted by atomic mass is 9.85. The van der Waals surface area contributed by atoms with Gasteiger partial charge in [0.05, 0.1) is 11.8 Å². The van der Waals surface area contributed by atoms with Gasteiger partial charge in [-0.05, 0) is 31.0 Å². The maximum Gasteiger partial charge on any atom is 0.242 e. The number of allylic oxidation sites excluding steroid dienone is 2. The Hall–Kier alpha value is -2.34. The number of piperazine rings is 1. The van der Waals surface area contributed by atoms with E-state index in [-0.39, 0.29) is 36.1 Å². The molecule has 0 radical (unpaired) electrons. The van der Waals surface area contributed by atoms with E-state index in [9.17, 15) is 14.4 Å². The lowest BCUT2D eigenvalue weighted by Gasteiger charge is -2.36. The second kappa shape index (κ2) is 7.35. The Morgan fingerprint density at radius 3 is 2.22 bits per heavy atom. The van der Waals surface area contributed by atoms with Crippen LogP contribution >= 0.6 is 11.6 Å². The number of benzene rings is 1. The molecule has 2 fully saturated rings. The number of fused-ring (bicyclic) bond motifs is 1. The molecule has 1 aromatic rings. The van der Waals surface area contributed by atoms with Crippen LogP contribution in [0.5, 0.6) is 0 Å². The molecule has 7 heteroatoms. The van der Waals surface area contributed by atoms with Gasteiger partial charge in [-0.15, -0.1) is 0 Å². The molecule has 27 heavy (non-hydrogen) atoms. The quantitative estimate of drug-likeness (QED) is 0.587. The van der Waals surface area contributed by atoms with Gasteiger partial charge >= 0.3 is 0 Å². The third-order valence-electron chi connectivity index (χ3n) is 5.70. The van der Waals surface area contributed by atoms with Crippen molar-refractivity contribution in [2.24, 2.45) is 11.8 Å². The number of imide groups is 1. The molecule has 0 aromatic heterocycles. The molecule has 3 amide bonds. The van der Waals surface area contributed by atoms with Crippen molar-refractivity contribution >= 4 is 35.0 Å². The van der Waals surface area contributed by atoms with Crippen LogP contribution in [0.2, 0.25) is 5.02 Å². The van der Waals surface area contributed by atoms with E-state index < -0.39 is 0 Å². The predicted molar refractivity (Wildman–Crippen MR) is 102 cm³/mol. The number of likely N-dealkylation sites (tertiary alicyclic amines) is 1. The zero-order valence-electron chi connectivity index (χ0n) is 15.0. The van der Waals surface area contributed by atoms with Gasteiger partial charge in [0.25, 0.3) is 0 Å². The molecule has 1 aliphatic carbocycles. The summed E-state index contributed by atoms with van der Waals surface area (Å²) in [5.41, 5.74) is 1.04. The molecule has 2 saturated heterocycles. The number of anilines is 1. The minimum atomic E-state index is -0.282. The Morgan fingerprint density at radius 1 is 1.00 bits per heavy atom. The van der Waals surface area contributed by atoms with Crippen LogP contribution in [0.4, 0.5) is 5.69 Å². The van der Waals surface area contributed by atoms with Gasteiger partial charge < -0.3 is 9.80 Å². The Kier molecular flexibility index (Phi) is 4.91. The summed E-state index contributed by atoms with van der Waals surface area (Å²) in [7, 11) is 0. The third kappa shape index (κ3) is 3.46. The summed E-state index contributed by atoms with van der Waals surface area (Å²) in [5, 5.41) is 0.688. The molecule has 1 aromatic carbocycles. The number of carbonyl (C=O) groups is 3. The van der Waals surface area contributed by atoms with Crippen LogP contribution in [-0.2, 0) is 14.4 Å². The number of rotatable bonds is 3. The van der Waals surface area contributed by atoms with Crippen LogP contribution < -0.4 is 4.90 Å². The Morgan fingerprint density at radius 2 is 1.63 bits per heavy atom. The van der Waals surface area contributed by atoms with E-state index in [1.165, 1.54) is 4.90 Å². The fourth-order valence-corrected chi connectivity index (χ4v) is 4.33. The lowest BCUT2D eigenvalue weighted by molar-refractivity contribution is -0.146. The van der Waals surface area contributed by atoms with Crippen molar-refractivity contribution in [2.45, 2.75) is 12.8 Å². The first-order valence-corrected chi connectivity index (χ1v) is 9.71. The van der Waals surface area contributed by atoms with Crippen LogP contribution in [0.3, 0.4) is 0 Å². The van der Waals surface area contributed by atoms with Crippen molar-refractivity contribution in [3.63, 3.8) is 0 Å². The molecular weight excluding hydrogens is 366 g/mol. The second-order valence-corrected chi connectivity index (χ2v) is 7.70. The smallest absolute Gasteiger partial charge is 0.242 e. The monoisotopic (exact) mass is 387 g/mol. The van der Waals surface area contributed by atoms with Crippen LogP contribution in [0.1, 0.15) is 12.8 Å². The van der Waals surface area contributed by atoms with E-state index in [1.807, 2.05) is 36.4 Å². The second-order valence-electron chi connectivity index (χ2n) is 7.27. The number of carbonyl (C=O) groups excluding carboxylic acids is 3. The van der Waals surface area contributed by atoms with Gasteiger partial charge in [0.1, 0.15) is 6.54 Å². The first-order valence-electron chi connectivity index (χ1n) is 9.33. The average molecular weight is 388 g/mol. The molecule has 2 heterocycles. The van der Waals surface area contributed by atoms with Crippen molar-refractivity contribution in [1.82, 2.24) is 9.80 Å². The molecule has 142 valence electrons. The first kappa shape index (κ1) is 18.0. The zero-order valence-corrected chi connectivity index (χ0v) is 15.8. The number of hydrogen-bond donors (Lipinski definition) is 0. The molecule has 0 bridgehead atoms. The summed E-state index contributed by atoms with van der Waals surface area (Å²) in [4.78, 5) is 42.8. The van der Waals surface area contributed by atoms with Gasteiger partial charge in [-0.3, -0.25) is 19.3 Å². The fourth-order valence-electron chi connectivity index (χ4n) is 4.15. The Labute approximate surface area is 163 Å². The van der Waals surface area contributed by atoms with Crippen molar-refractivity contribution in [2.75, 3.05) is 37.6 Å². The van der Waals surface area contributed by atoms with Crippen LogP contribution in [0.15, 0.2) is 36.4 Å². The van der Waals surface area contributed by atoms with Gasteiger partial charge in [0, 0.05) is 36.9 Å². The molecule has 6 nitrogen and oxygen atoms in total. The molecule has 2 aliphatic heterocycles. The van der Waals surface area contributed by atoms with E-state index in [4.69, 9.17) is 11.6 Å². The zero-order chi connectivity index (χ0) is 19.0. The molecule has 2 atom stereocenters. The van der Waals surface area contributed by atoms with Gasteiger partial charge in [-0.25, -0.2) is 0 Å². The van der Waals surface area contributed by atoms with Gasteiger partial charge in [-0.1, -0.05) is 29.8 Å². The number of hydrogen-bond acceptors (Lipinski definition) is 4. The molecule has 0 N–H and O–H groups in total. The molecule has 0 spiro atoms. The van der Waals surface area contributed by atoms with Crippen molar-refractivity contribution in [3.8, 4) is 0 Å². The SMILES string of the molecule is O=C(CN1C(=O)[C@H]2CC=CC[C@@H]2C1=O)N1CCN(c2cccc(Cl)c2)CC1. The molecule has 0 saturated carbocycles. The maximum absolute atomic E-state index is 12.7. The summed E-state index contributed by atoms with van der Waals surface area (Å²) in [6.45, 7) is 2.39. The Bertz CT molecular complexity index is 775.